The molecule has 0 fully saturated rings. The van der Waals surface area contributed by atoms with E-state index in [1.54, 1.807) is 12.4 Å². The summed E-state index contributed by atoms with van der Waals surface area (Å²) in [4.78, 5) is 61.0. The Kier molecular flexibility index (Phi) is 57.8. The quantitative estimate of drug-likeness (QED) is 0.0981. The normalized spacial score (nSPS) is 7.49. The van der Waals surface area contributed by atoms with E-state index in [-0.39, 0.29) is 83.4 Å². The molecule has 0 unspecified atom stereocenters. The number of hydrogen-bond acceptors (Lipinski definition) is 18. The zero-order valence-electron chi connectivity index (χ0n) is 29.7. The third-order valence-electron chi connectivity index (χ3n) is 4.98. The molecule has 5 aromatic heterocycles. The second kappa shape index (κ2) is 42.3. The molecule has 0 aliphatic carbocycles. The molecule has 0 aliphatic rings. The first-order valence-electron chi connectivity index (χ1n) is 12.5. The predicted molar refractivity (Wildman–Crippen MR) is 198 cm³/mol. The first-order valence-corrected chi connectivity index (χ1v) is 12.5. The molecule has 0 atom stereocenters. The van der Waals surface area contributed by atoms with Crippen molar-refractivity contribution >= 4 is 0 Å². The Hall–Kier alpha value is -6.84. The Bertz CT molecular complexity index is 1700. The van der Waals surface area contributed by atoms with E-state index in [1.807, 2.05) is 86.6 Å². The number of rotatable bonds is 4. The topological polar surface area (TPSA) is 626 Å². The van der Waals surface area contributed by atoms with Gasteiger partial charge in [-0.05, 0) is 62.4 Å². The second-order valence-corrected chi connectivity index (χ2v) is 8.29. The Balaban J connectivity index is -0.0000000827. The van der Waals surface area contributed by atoms with Crippen LogP contribution in [0.2, 0.25) is 0 Å². The van der Waals surface area contributed by atoms with E-state index in [0.29, 0.717) is 11.4 Å². The maximum absolute atomic E-state index is 8.25. The van der Waals surface area contributed by atoms with Crippen molar-refractivity contribution in [1.29, 1.82) is 0 Å². The molecule has 59 heavy (non-hydrogen) atoms. The van der Waals surface area contributed by atoms with Crippen molar-refractivity contribution in [2.75, 3.05) is 0 Å². The van der Waals surface area contributed by atoms with E-state index in [9.17, 15) is 0 Å². The third kappa shape index (κ3) is 34.2. The maximum atomic E-state index is 8.25. The van der Waals surface area contributed by atoms with Gasteiger partial charge in [-0.3, -0.25) is 19.9 Å². The molecule has 0 saturated carbocycles. The SMILES string of the molecule is Cc1cccc(-c2cccc(-c3nccnc3-c3cccc(-c4cccc(C)n4)n3)n2)n1.O.O.O.O.O.O.O.O.O.O=[N+]([O-])[O-].O=[N+]([O-])[O-].O=[N+]([O-])[O-].O=[N+]([O-])[O-].[Mn+2].[Mn+2]. The van der Waals surface area contributed by atoms with Crippen LogP contribution in [0, 0.1) is 75.1 Å². The summed E-state index contributed by atoms with van der Waals surface area (Å²) in [5, 5.41) is 59.0. The molecular weight excluding hydrogens is 898 g/mol. The Morgan fingerprint density at radius 3 is 0.763 bits per heavy atom. The molecule has 0 bridgehead atoms. The van der Waals surface area contributed by atoms with Crippen LogP contribution >= 0.6 is 0 Å². The van der Waals surface area contributed by atoms with Crippen LogP contribution in [0.5, 0.6) is 0 Å². The number of nitrogens with zero attached hydrogens (tertiary/aromatic N) is 10. The van der Waals surface area contributed by atoms with Gasteiger partial charge in [-0.2, -0.15) is 0 Å². The molecule has 0 amide bonds. The summed E-state index contributed by atoms with van der Waals surface area (Å²) >= 11 is 0. The minimum Gasteiger partial charge on any atom is -0.412 e. The average Bonchev–Trinajstić information content (AvgIpc) is 3.00. The van der Waals surface area contributed by atoms with Gasteiger partial charge in [0.1, 0.15) is 11.4 Å². The molecular formula is C26H38Mn2N10O21. The van der Waals surface area contributed by atoms with Crippen LogP contribution in [0.15, 0.2) is 85.2 Å². The number of pyridine rings is 4. The van der Waals surface area contributed by atoms with Gasteiger partial charge in [0.15, 0.2) is 0 Å². The summed E-state index contributed by atoms with van der Waals surface area (Å²) in [6.07, 6.45) is 3.34. The van der Waals surface area contributed by atoms with Crippen LogP contribution in [0.3, 0.4) is 0 Å². The van der Waals surface area contributed by atoms with Gasteiger partial charge in [-0.1, -0.05) is 24.3 Å². The van der Waals surface area contributed by atoms with Crippen molar-refractivity contribution in [1.82, 2.24) is 29.9 Å². The zero-order chi connectivity index (χ0) is 36.2. The molecule has 332 valence electrons. The van der Waals surface area contributed by atoms with E-state index in [2.05, 4.69) is 19.9 Å². The van der Waals surface area contributed by atoms with Gasteiger partial charge in [-0.25, -0.2) is 9.97 Å². The van der Waals surface area contributed by atoms with Crippen molar-refractivity contribution < 1.29 is 104 Å². The maximum Gasteiger partial charge on any atom is 2.00 e. The Labute approximate surface area is 350 Å². The summed E-state index contributed by atoms with van der Waals surface area (Å²) in [6, 6.07) is 23.5. The van der Waals surface area contributed by atoms with Gasteiger partial charge in [0.2, 0.25) is 0 Å². The minimum absolute atomic E-state index is 0. The van der Waals surface area contributed by atoms with E-state index in [0.717, 1.165) is 45.6 Å². The number of aromatic nitrogens is 6. The largest absolute Gasteiger partial charge is 2.00 e. The van der Waals surface area contributed by atoms with Gasteiger partial charge < -0.3 is 111 Å². The smallest absolute Gasteiger partial charge is 0.412 e. The molecule has 5 rings (SSSR count). The monoisotopic (exact) mass is 936 g/mol. The second-order valence-electron chi connectivity index (χ2n) is 8.29. The molecule has 0 aliphatic heterocycles. The summed E-state index contributed by atoms with van der Waals surface area (Å²) in [5.41, 5.74) is 7.88. The van der Waals surface area contributed by atoms with E-state index >= 15 is 0 Å². The molecule has 0 spiro atoms. The first-order chi connectivity index (χ1) is 22.6. The van der Waals surface area contributed by atoms with Crippen molar-refractivity contribution in [3.8, 4) is 45.6 Å². The van der Waals surface area contributed by atoms with Crippen molar-refractivity contribution in [2.45, 2.75) is 13.8 Å². The molecule has 5 heterocycles. The Morgan fingerprint density at radius 2 is 0.542 bits per heavy atom. The van der Waals surface area contributed by atoms with Gasteiger partial charge >= 0.3 is 34.1 Å². The number of aryl methyl sites for hydroxylation is 2. The van der Waals surface area contributed by atoms with Gasteiger partial charge in [0, 0.05) is 23.8 Å². The summed E-state index contributed by atoms with van der Waals surface area (Å²) in [6.45, 7) is 3.94. The van der Waals surface area contributed by atoms with Crippen LogP contribution < -0.4 is 0 Å². The molecule has 2 radical (unpaired) electrons. The first kappa shape index (κ1) is 80.6. The molecule has 5 aromatic rings. The van der Waals surface area contributed by atoms with E-state index in [1.165, 1.54) is 0 Å². The van der Waals surface area contributed by atoms with Crippen LogP contribution in [0.4, 0.5) is 0 Å². The fraction of sp³-hybridized carbons (Fsp3) is 0.0769. The zero-order valence-corrected chi connectivity index (χ0v) is 32.1. The fourth-order valence-corrected chi connectivity index (χ4v) is 3.50. The summed E-state index contributed by atoms with van der Waals surface area (Å²) in [5.74, 6) is 0. The van der Waals surface area contributed by atoms with Crippen LogP contribution in [0.1, 0.15) is 11.4 Å². The molecule has 33 heteroatoms. The third-order valence-corrected chi connectivity index (χ3v) is 4.98. The van der Waals surface area contributed by atoms with E-state index < -0.39 is 20.3 Å². The van der Waals surface area contributed by atoms with Gasteiger partial charge in [0.25, 0.3) is 0 Å². The summed E-state index contributed by atoms with van der Waals surface area (Å²) in [7, 11) is 0. The Morgan fingerprint density at radius 1 is 0.356 bits per heavy atom. The molecule has 0 saturated heterocycles. The standard InChI is InChI=1S/C26H20N6.2Mn.4NO3.9H2O/c1-17-7-3-9-19(29-17)21-11-5-13-23(31-21)25-26(28-16-15-27-25)24-14-6-12-22(32-24)20-10-4-8-18(2)30-20;;;4*2-1(3)4;;;;;;;;;/h3-16H,1-2H3;;;;;;;9*1H2/q;2*+2;4*-1;;;;;;;;;. The predicted octanol–water partition coefficient (Wildman–Crippen LogP) is -3.04. The van der Waals surface area contributed by atoms with Gasteiger partial charge in [0.05, 0.1) is 54.5 Å². The fourth-order valence-electron chi connectivity index (χ4n) is 3.50. The van der Waals surface area contributed by atoms with Crippen LogP contribution in [-0.2, 0) is 34.1 Å². The summed E-state index contributed by atoms with van der Waals surface area (Å²) < 4.78 is 0. The van der Waals surface area contributed by atoms with E-state index in [4.69, 9.17) is 71.3 Å². The van der Waals surface area contributed by atoms with Crippen molar-refractivity contribution in [3.05, 3.63) is 158 Å². The van der Waals surface area contributed by atoms with Gasteiger partial charge in [-0.15, -0.1) is 0 Å². The molecule has 0 aromatic carbocycles. The number of hydrogen-bond donors (Lipinski definition) is 0. The van der Waals surface area contributed by atoms with Crippen LogP contribution in [0.25, 0.3) is 45.6 Å². The average molecular weight is 937 g/mol. The van der Waals surface area contributed by atoms with Crippen LogP contribution in [-0.4, -0.2) is 99.5 Å². The molecule has 18 N–H and O–H groups in total. The minimum atomic E-state index is -1.75. The van der Waals surface area contributed by atoms with Crippen molar-refractivity contribution in [2.24, 2.45) is 0 Å². The molecule has 31 nitrogen and oxygen atoms in total. The van der Waals surface area contributed by atoms with Crippen molar-refractivity contribution in [3.63, 3.8) is 0 Å².